The second kappa shape index (κ2) is 10.4. The molecule has 0 spiro atoms. The lowest BCUT2D eigenvalue weighted by atomic mass is 10.0. The van der Waals surface area contributed by atoms with Crippen molar-refractivity contribution in [2.24, 2.45) is 0 Å². The van der Waals surface area contributed by atoms with Gasteiger partial charge in [0, 0.05) is 32.0 Å². The summed E-state index contributed by atoms with van der Waals surface area (Å²) in [6.07, 6.45) is 2.00. The van der Waals surface area contributed by atoms with Gasteiger partial charge in [0.05, 0.1) is 14.2 Å². The minimum atomic E-state index is 0.0436. The first-order valence-corrected chi connectivity index (χ1v) is 9.08. The summed E-state index contributed by atoms with van der Waals surface area (Å²) in [6, 6.07) is 14.9. The molecule has 0 saturated heterocycles. The van der Waals surface area contributed by atoms with Crippen molar-refractivity contribution in [1.29, 1.82) is 0 Å². The minimum Gasteiger partial charge on any atom is -0.497 e. The Hall–Kier alpha value is -2.82. The number of hydrogen-bond donors (Lipinski definition) is 0. The quantitative estimate of drug-likeness (QED) is 0.599. The van der Waals surface area contributed by atoms with E-state index >= 15 is 0 Å². The summed E-state index contributed by atoms with van der Waals surface area (Å²) in [5, 5.41) is 0. The maximum absolute atomic E-state index is 12.3. The van der Waals surface area contributed by atoms with Crippen LogP contribution in [0.25, 0.3) is 0 Å². The van der Waals surface area contributed by atoms with Crippen LogP contribution >= 0.6 is 0 Å². The van der Waals surface area contributed by atoms with E-state index in [0.29, 0.717) is 31.4 Å². The highest BCUT2D eigenvalue weighted by atomic mass is 16.5. The summed E-state index contributed by atoms with van der Waals surface area (Å²) >= 11 is 0. The van der Waals surface area contributed by atoms with E-state index in [4.69, 9.17) is 9.47 Å². The molecule has 5 nitrogen and oxygen atoms in total. The van der Waals surface area contributed by atoms with Gasteiger partial charge in [-0.2, -0.15) is 0 Å². The Kier molecular flexibility index (Phi) is 7.86. The molecule has 1 amide bonds. The first-order chi connectivity index (χ1) is 13.0. The second-order valence-electron chi connectivity index (χ2n) is 6.38. The Morgan fingerprint density at radius 1 is 0.926 bits per heavy atom. The molecular formula is C22H27NO4. The van der Waals surface area contributed by atoms with Gasteiger partial charge in [-0.05, 0) is 48.7 Å². The molecule has 0 N–H and O–H groups in total. The van der Waals surface area contributed by atoms with Gasteiger partial charge >= 0.3 is 0 Å². The van der Waals surface area contributed by atoms with Crippen LogP contribution in [0.2, 0.25) is 0 Å². The van der Waals surface area contributed by atoms with Crippen molar-refractivity contribution < 1.29 is 19.1 Å². The van der Waals surface area contributed by atoms with Crippen LogP contribution in [0, 0.1) is 0 Å². The molecule has 0 aromatic heterocycles. The Morgan fingerprint density at radius 3 is 2.30 bits per heavy atom. The number of Topliss-reactive ketones (excluding diaryl/α,β-unsaturated/α-hetero) is 1. The van der Waals surface area contributed by atoms with Crippen LogP contribution in [0.3, 0.4) is 0 Å². The summed E-state index contributed by atoms with van der Waals surface area (Å²) in [5.74, 6) is 1.65. The maximum Gasteiger partial charge on any atom is 0.222 e. The fourth-order valence-corrected chi connectivity index (χ4v) is 2.83. The summed E-state index contributed by atoms with van der Waals surface area (Å²) < 4.78 is 10.4. The molecule has 0 aliphatic heterocycles. The van der Waals surface area contributed by atoms with Gasteiger partial charge in [-0.3, -0.25) is 9.59 Å². The van der Waals surface area contributed by atoms with E-state index in [1.165, 1.54) is 0 Å². The third-order valence-corrected chi connectivity index (χ3v) is 4.54. The normalized spacial score (nSPS) is 10.3. The molecule has 0 radical (unpaired) electrons. The molecule has 0 heterocycles. The van der Waals surface area contributed by atoms with Gasteiger partial charge < -0.3 is 14.4 Å². The number of nitrogens with zero attached hydrogens (tertiary/aromatic N) is 1. The molecule has 0 unspecified atom stereocenters. The number of para-hydroxylation sites is 1. The summed E-state index contributed by atoms with van der Waals surface area (Å²) in [7, 11) is 5.03. The number of ketones is 1. The van der Waals surface area contributed by atoms with Crippen molar-refractivity contribution in [3.8, 4) is 11.5 Å². The average Bonchev–Trinajstić information content (AvgIpc) is 2.71. The van der Waals surface area contributed by atoms with E-state index in [1.807, 2.05) is 24.3 Å². The lowest BCUT2D eigenvalue weighted by Crippen LogP contribution is -2.28. The number of carbonyl (C=O) groups excluding carboxylic acids is 2. The van der Waals surface area contributed by atoms with Gasteiger partial charge in [0.15, 0.2) is 5.78 Å². The Morgan fingerprint density at radius 2 is 1.63 bits per heavy atom. The lowest BCUT2D eigenvalue weighted by Gasteiger charge is -2.18. The van der Waals surface area contributed by atoms with Gasteiger partial charge in [-0.1, -0.05) is 18.2 Å². The predicted molar refractivity (Wildman–Crippen MR) is 106 cm³/mol. The fourth-order valence-electron chi connectivity index (χ4n) is 2.83. The lowest BCUT2D eigenvalue weighted by molar-refractivity contribution is -0.129. The van der Waals surface area contributed by atoms with Crippen LogP contribution in [-0.2, 0) is 11.2 Å². The molecule has 0 fully saturated rings. The number of benzene rings is 2. The van der Waals surface area contributed by atoms with E-state index in [1.54, 1.807) is 50.4 Å². The van der Waals surface area contributed by atoms with Crippen molar-refractivity contribution in [1.82, 2.24) is 4.90 Å². The van der Waals surface area contributed by atoms with Crippen molar-refractivity contribution in [2.45, 2.75) is 25.7 Å². The van der Waals surface area contributed by atoms with Crippen LogP contribution in [0.4, 0.5) is 0 Å². The van der Waals surface area contributed by atoms with Crippen LogP contribution in [0.5, 0.6) is 11.5 Å². The molecule has 0 atom stereocenters. The smallest absolute Gasteiger partial charge is 0.222 e. The van der Waals surface area contributed by atoms with E-state index in [0.717, 1.165) is 23.5 Å². The molecule has 2 aromatic carbocycles. The molecule has 2 aromatic rings. The predicted octanol–water partition coefficient (Wildman–Crippen LogP) is 3.76. The van der Waals surface area contributed by atoms with Crippen molar-refractivity contribution in [2.75, 3.05) is 27.8 Å². The first kappa shape index (κ1) is 20.5. The molecule has 27 heavy (non-hydrogen) atoms. The summed E-state index contributed by atoms with van der Waals surface area (Å²) in [4.78, 5) is 26.2. The van der Waals surface area contributed by atoms with Crippen molar-refractivity contribution in [3.63, 3.8) is 0 Å². The fraction of sp³-hybridized carbons (Fsp3) is 0.364. The van der Waals surface area contributed by atoms with Gasteiger partial charge in [0.25, 0.3) is 0 Å². The van der Waals surface area contributed by atoms with Crippen LogP contribution in [-0.4, -0.2) is 44.4 Å². The Bertz CT molecular complexity index is 755. The SMILES string of the molecule is COc1ccc(C(=O)CCCC(=O)N(C)CCc2ccccc2OC)cc1. The third kappa shape index (κ3) is 6.13. The second-order valence-corrected chi connectivity index (χ2v) is 6.38. The summed E-state index contributed by atoms with van der Waals surface area (Å²) in [6.45, 7) is 0.617. The zero-order valence-electron chi connectivity index (χ0n) is 16.2. The Balaban J connectivity index is 1.75. The Labute approximate surface area is 160 Å². The van der Waals surface area contributed by atoms with Gasteiger partial charge in [-0.25, -0.2) is 0 Å². The maximum atomic E-state index is 12.3. The van der Waals surface area contributed by atoms with E-state index < -0.39 is 0 Å². The number of rotatable bonds is 10. The van der Waals surface area contributed by atoms with E-state index in [-0.39, 0.29) is 11.7 Å². The zero-order chi connectivity index (χ0) is 19.6. The standard InChI is InChI=1S/C22H27NO4/c1-23(16-15-18-7-4-5-9-21(18)27-3)22(25)10-6-8-20(24)17-11-13-19(26-2)14-12-17/h4-5,7,9,11-14H,6,8,10,15-16H2,1-3H3. The molecular weight excluding hydrogens is 342 g/mol. The third-order valence-electron chi connectivity index (χ3n) is 4.54. The number of likely N-dealkylation sites (N-methyl/N-ethyl adjacent to an activating group) is 1. The highest BCUT2D eigenvalue weighted by Gasteiger charge is 2.12. The molecule has 0 aliphatic rings. The van der Waals surface area contributed by atoms with Crippen LogP contribution in [0.1, 0.15) is 35.2 Å². The number of amides is 1. The average molecular weight is 369 g/mol. The molecule has 0 saturated carbocycles. The van der Waals surface area contributed by atoms with E-state index in [9.17, 15) is 9.59 Å². The minimum absolute atomic E-state index is 0.0436. The number of ether oxygens (including phenoxy) is 2. The molecule has 5 heteroatoms. The van der Waals surface area contributed by atoms with Crippen molar-refractivity contribution >= 4 is 11.7 Å². The number of methoxy groups -OCH3 is 2. The van der Waals surface area contributed by atoms with Crippen LogP contribution in [0.15, 0.2) is 48.5 Å². The number of carbonyl (C=O) groups is 2. The zero-order valence-corrected chi connectivity index (χ0v) is 16.2. The van der Waals surface area contributed by atoms with E-state index in [2.05, 4.69) is 0 Å². The summed E-state index contributed by atoms with van der Waals surface area (Å²) in [5.41, 5.74) is 1.72. The highest BCUT2D eigenvalue weighted by molar-refractivity contribution is 5.96. The first-order valence-electron chi connectivity index (χ1n) is 9.08. The van der Waals surface area contributed by atoms with Gasteiger partial charge in [0.2, 0.25) is 5.91 Å². The topological polar surface area (TPSA) is 55.8 Å². The largest absolute Gasteiger partial charge is 0.497 e. The van der Waals surface area contributed by atoms with Crippen molar-refractivity contribution in [3.05, 3.63) is 59.7 Å². The highest BCUT2D eigenvalue weighted by Crippen LogP contribution is 2.18. The molecule has 0 bridgehead atoms. The molecule has 0 aliphatic carbocycles. The van der Waals surface area contributed by atoms with Crippen LogP contribution < -0.4 is 9.47 Å². The molecule has 144 valence electrons. The molecule has 2 rings (SSSR count). The monoisotopic (exact) mass is 369 g/mol. The van der Waals surface area contributed by atoms with Gasteiger partial charge in [0.1, 0.15) is 11.5 Å². The van der Waals surface area contributed by atoms with Gasteiger partial charge in [-0.15, -0.1) is 0 Å². The number of hydrogen-bond acceptors (Lipinski definition) is 4.